The lowest BCUT2D eigenvalue weighted by Gasteiger charge is -2.27. The zero-order valence-corrected chi connectivity index (χ0v) is 17.9. The second kappa shape index (κ2) is 8.48. The van der Waals surface area contributed by atoms with Crippen LogP contribution in [0, 0.1) is 18.2 Å². The van der Waals surface area contributed by atoms with Crippen LogP contribution in [0.4, 0.5) is 21.8 Å². The standard InChI is InChI=1S/C23H19FN6OS/c1-2-15-13-25-21(26-14-15)16-6-9-30(10-7-16)23-28-19-8-11-32(31)20(19)22(29-23)27-18-5-3-4-17(24)12-18/h1,3-6,12-14H,7-11H2,(H,27,28,29)/t32-/m1/s1. The number of aromatic nitrogens is 4. The number of hydrogen-bond acceptors (Lipinski definition) is 7. The van der Waals surface area contributed by atoms with Crippen LogP contribution in [0.25, 0.3) is 5.57 Å². The van der Waals surface area contributed by atoms with Gasteiger partial charge in [0.15, 0.2) is 11.6 Å². The number of rotatable bonds is 4. The number of aryl methyl sites for hydroxylation is 1. The third-order valence-electron chi connectivity index (χ3n) is 5.36. The van der Waals surface area contributed by atoms with Crippen molar-refractivity contribution in [3.8, 4) is 12.3 Å². The Bertz CT molecular complexity index is 1280. The number of halogens is 1. The first-order chi connectivity index (χ1) is 15.6. The van der Waals surface area contributed by atoms with Crippen LogP contribution < -0.4 is 10.2 Å². The SMILES string of the molecule is C#Cc1cnc(C2=CCN(c3nc4c(c(Nc5cccc(F)c5)n3)[S@](=O)CC4)CC2)nc1. The van der Waals surface area contributed by atoms with Crippen molar-refractivity contribution >= 4 is 33.8 Å². The van der Waals surface area contributed by atoms with E-state index in [1.807, 2.05) is 0 Å². The fourth-order valence-electron chi connectivity index (χ4n) is 3.74. The highest BCUT2D eigenvalue weighted by atomic mass is 32.2. The normalized spacial score (nSPS) is 17.4. The molecule has 0 fully saturated rings. The molecule has 32 heavy (non-hydrogen) atoms. The average molecular weight is 447 g/mol. The van der Waals surface area contributed by atoms with Crippen molar-refractivity contribution in [1.82, 2.24) is 19.9 Å². The number of benzene rings is 1. The molecule has 1 aromatic carbocycles. The van der Waals surface area contributed by atoms with Crippen molar-refractivity contribution < 1.29 is 8.60 Å². The van der Waals surface area contributed by atoms with E-state index in [4.69, 9.17) is 11.4 Å². The maximum Gasteiger partial charge on any atom is 0.227 e. The molecule has 0 amide bonds. The molecule has 3 aromatic rings. The lowest BCUT2D eigenvalue weighted by atomic mass is 10.1. The van der Waals surface area contributed by atoms with Crippen molar-refractivity contribution in [2.24, 2.45) is 0 Å². The van der Waals surface area contributed by atoms with Gasteiger partial charge >= 0.3 is 0 Å². The van der Waals surface area contributed by atoms with Crippen LogP contribution in [0.2, 0.25) is 0 Å². The summed E-state index contributed by atoms with van der Waals surface area (Å²) in [6.45, 7) is 1.28. The number of fused-ring (bicyclic) bond motifs is 1. The third kappa shape index (κ3) is 3.97. The van der Waals surface area contributed by atoms with Crippen LogP contribution in [0.3, 0.4) is 0 Å². The first-order valence-corrected chi connectivity index (χ1v) is 11.5. The molecule has 0 bridgehead atoms. The lowest BCUT2D eigenvalue weighted by Crippen LogP contribution is -2.30. The Morgan fingerprint density at radius 1 is 1.19 bits per heavy atom. The van der Waals surface area contributed by atoms with Crippen molar-refractivity contribution in [1.29, 1.82) is 0 Å². The molecule has 160 valence electrons. The number of hydrogen-bond donors (Lipinski definition) is 1. The molecule has 5 rings (SSSR count). The zero-order valence-electron chi connectivity index (χ0n) is 17.1. The molecule has 2 aliphatic rings. The second-order valence-electron chi connectivity index (χ2n) is 7.45. The van der Waals surface area contributed by atoms with Crippen LogP contribution in [-0.4, -0.2) is 43.0 Å². The van der Waals surface area contributed by atoms with Gasteiger partial charge in [-0.05, 0) is 30.2 Å². The third-order valence-corrected chi connectivity index (χ3v) is 6.82. The van der Waals surface area contributed by atoms with Gasteiger partial charge in [-0.15, -0.1) is 6.42 Å². The highest BCUT2D eigenvalue weighted by molar-refractivity contribution is 7.85. The smallest absolute Gasteiger partial charge is 0.227 e. The lowest BCUT2D eigenvalue weighted by molar-refractivity contribution is 0.628. The number of nitrogens with zero attached hydrogens (tertiary/aromatic N) is 5. The Morgan fingerprint density at radius 2 is 2.03 bits per heavy atom. The van der Waals surface area contributed by atoms with Crippen LogP contribution in [-0.2, 0) is 17.2 Å². The molecular weight excluding hydrogens is 427 g/mol. The quantitative estimate of drug-likeness (QED) is 0.617. The number of terminal acetylenes is 1. The van der Waals surface area contributed by atoms with E-state index in [1.165, 1.54) is 12.1 Å². The summed E-state index contributed by atoms with van der Waals surface area (Å²) in [5.74, 6) is 4.37. The zero-order chi connectivity index (χ0) is 22.1. The van der Waals surface area contributed by atoms with Gasteiger partial charge in [-0.25, -0.2) is 19.3 Å². The van der Waals surface area contributed by atoms with Crippen molar-refractivity contribution in [3.63, 3.8) is 0 Å². The Balaban J connectivity index is 1.42. The molecule has 0 unspecified atom stereocenters. The van der Waals surface area contributed by atoms with E-state index >= 15 is 0 Å². The molecular formula is C23H19FN6OS. The van der Waals surface area contributed by atoms with Crippen LogP contribution >= 0.6 is 0 Å². The molecule has 2 aliphatic heterocycles. The molecule has 0 aliphatic carbocycles. The summed E-state index contributed by atoms with van der Waals surface area (Å²) in [4.78, 5) is 20.7. The molecule has 0 radical (unpaired) electrons. The minimum Gasteiger partial charge on any atom is -0.339 e. The van der Waals surface area contributed by atoms with Gasteiger partial charge in [0, 0.05) is 43.3 Å². The average Bonchev–Trinajstić information content (AvgIpc) is 3.20. The van der Waals surface area contributed by atoms with Crippen LogP contribution in [0.5, 0.6) is 0 Å². The fraction of sp³-hybridized carbons (Fsp3) is 0.217. The van der Waals surface area contributed by atoms with Gasteiger partial charge in [-0.1, -0.05) is 18.1 Å². The van der Waals surface area contributed by atoms with Gasteiger partial charge in [-0.2, -0.15) is 4.98 Å². The van der Waals surface area contributed by atoms with Gasteiger partial charge in [0.2, 0.25) is 5.95 Å². The molecule has 1 atom stereocenters. The number of anilines is 3. The predicted molar refractivity (Wildman–Crippen MR) is 121 cm³/mol. The molecule has 0 saturated carbocycles. The van der Waals surface area contributed by atoms with Crippen molar-refractivity contribution in [2.75, 3.05) is 29.1 Å². The Kier molecular flexibility index (Phi) is 5.37. The topological polar surface area (TPSA) is 83.9 Å². The molecule has 1 N–H and O–H groups in total. The van der Waals surface area contributed by atoms with E-state index < -0.39 is 10.8 Å². The summed E-state index contributed by atoms with van der Waals surface area (Å²) in [7, 11) is -1.18. The maximum atomic E-state index is 13.6. The maximum absolute atomic E-state index is 13.6. The molecule has 9 heteroatoms. The molecule has 0 saturated heterocycles. The highest BCUT2D eigenvalue weighted by Gasteiger charge is 2.28. The van der Waals surface area contributed by atoms with E-state index in [0.717, 1.165) is 17.7 Å². The Labute approximate surface area is 187 Å². The Morgan fingerprint density at radius 3 is 2.75 bits per heavy atom. The van der Waals surface area contributed by atoms with E-state index in [-0.39, 0.29) is 5.82 Å². The fourth-order valence-corrected chi connectivity index (χ4v) is 5.04. The summed E-state index contributed by atoms with van der Waals surface area (Å²) in [5.41, 5.74) is 3.02. The van der Waals surface area contributed by atoms with Gasteiger partial charge < -0.3 is 10.2 Å². The van der Waals surface area contributed by atoms with Crippen LogP contribution in [0.1, 0.15) is 23.5 Å². The minimum atomic E-state index is -1.18. The summed E-state index contributed by atoms with van der Waals surface area (Å²) in [6.07, 6.45) is 12.1. The van der Waals surface area contributed by atoms with Gasteiger partial charge in [-0.3, -0.25) is 4.21 Å². The monoisotopic (exact) mass is 446 g/mol. The van der Waals surface area contributed by atoms with E-state index in [1.54, 1.807) is 24.5 Å². The van der Waals surface area contributed by atoms with Gasteiger partial charge in [0.25, 0.3) is 0 Å². The van der Waals surface area contributed by atoms with Gasteiger partial charge in [0.1, 0.15) is 10.7 Å². The Hall–Kier alpha value is -3.64. The highest BCUT2D eigenvalue weighted by Crippen LogP contribution is 2.32. The summed E-state index contributed by atoms with van der Waals surface area (Å²) < 4.78 is 26.2. The molecule has 7 nitrogen and oxygen atoms in total. The van der Waals surface area contributed by atoms with Crippen LogP contribution in [0.15, 0.2) is 47.6 Å². The number of nitrogens with one attached hydrogen (secondary N) is 1. The summed E-state index contributed by atoms with van der Waals surface area (Å²) >= 11 is 0. The molecule has 2 aromatic heterocycles. The van der Waals surface area contributed by atoms with E-state index in [9.17, 15) is 8.60 Å². The predicted octanol–water partition coefficient (Wildman–Crippen LogP) is 3.09. The van der Waals surface area contributed by atoms with Crippen molar-refractivity contribution in [3.05, 3.63) is 65.6 Å². The van der Waals surface area contributed by atoms with Crippen molar-refractivity contribution in [2.45, 2.75) is 17.7 Å². The second-order valence-corrected chi connectivity index (χ2v) is 8.96. The summed E-state index contributed by atoms with van der Waals surface area (Å²) in [6, 6.07) is 6.12. The summed E-state index contributed by atoms with van der Waals surface area (Å²) in [5, 5.41) is 3.14. The first kappa shape index (κ1) is 20.3. The molecule has 4 heterocycles. The van der Waals surface area contributed by atoms with Gasteiger partial charge in [0.05, 0.1) is 22.1 Å². The van der Waals surface area contributed by atoms with E-state index in [2.05, 4.69) is 37.2 Å². The largest absolute Gasteiger partial charge is 0.339 e. The first-order valence-electron chi connectivity index (χ1n) is 10.2. The minimum absolute atomic E-state index is 0.353. The van der Waals surface area contributed by atoms with E-state index in [0.29, 0.717) is 59.0 Å². The molecule has 0 spiro atoms.